The van der Waals surface area contributed by atoms with Crippen molar-refractivity contribution in [2.24, 2.45) is 0 Å². The second-order valence-corrected chi connectivity index (χ2v) is 18.6. The third-order valence-electron chi connectivity index (χ3n) is 14.9. The number of nitrogens with zero attached hydrogens (tertiary/aromatic N) is 3. The van der Waals surface area contributed by atoms with Crippen molar-refractivity contribution < 1.29 is 4.42 Å². The van der Waals surface area contributed by atoms with Crippen molar-refractivity contribution in [3.8, 4) is 0 Å². The number of furan rings is 1. The topological polar surface area (TPSA) is 24.0 Å². The second kappa shape index (κ2) is 15.3. The normalized spacial score (nSPS) is 15.4. The van der Waals surface area contributed by atoms with Gasteiger partial charge in [-0.15, -0.1) is 0 Å². The molecule has 2 fully saturated rings. The van der Waals surface area contributed by atoms with E-state index in [0.717, 1.165) is 50.6 Å². The SMILES string of the molecule is c1ccc(N(c2ccc(C3CCCCC3)cc2)c2ccc3c(c2)oc2c3c3cc4ccc(N(c5ccccc5)c5ccc(C6CCCCC6)cc5)cc4c4c5ccccc5n2c34)cc1. The first-order valence-corrected chi connectivity index (χ1v) is 23.7. The van der Waals surface area contributed by atoms with Crippen LogP contribution in [0.25, 0.3) is 60.0 Å². The monoisotopic (exact) mass is 829 g/mol. The molecule has 312 valence electrons. The Bertz CT molecular complexity index is 3440. The molecule has 0 saturated heterocycles. The zero-order valence-electron chi connectivity index (χ0n) is 36.2. The van der Waals surface area contributed by atoms with E-state index in [1.165, 1.54) is 119 Å². The summed E-state index contributed by atoms with van der Waals surface area (Å²) in [7, 11) is 0. The van der Waals surface area contributed by atoms with Crippen LogP contribution in [-0.4, -0.2) is 4.40 Å². The van der Waals surface area contributed by atoms with Gasteiger partial charge in [0.1, 0.15) is 5.58 Å². The number of anilines is 6. The molecule has 0 radical (unpaired) electrons. The summed E-state index contributed by atoms with van der Waals surface area (Å²) in [6, 6.07) is 65.5. The third-order valence-corrected chi connectivity index (χ3v) is 14.9. The van der Waals surface area contributed by atoms with Gasteiger partial charge in [-0.3, -0.25) is 4.40 Å². The highest BCUT2D eigenvalue weighted by molar-refractivity contribution is 6.34. The maximum atomic E-state index is 7.10. The molecule has 0 spiro atoms. The summed E-state index contributed by atoms with van der Waals surface area (Å²) in [5.41, 5.74) is 14.0. The molecule has 0 unspecified atom stereocenters. The van der Waals surface area contributed by atoms with Gasteiger partial charge in [0.15, 0.2) is 0 Å². The first-order valence-electron chi connectivity index (χ1n) is 23.7. The fourth-order valence-corrected chi connectivity index (χ4v) is 11.8. The molecule has 3 heterocycles. The number of rotatable bonds is 8. The van der Waals surface area contributed by atoms with Gasteiger partial charge < -0.3 is 14.2 Å². The first-order chi connectivity index (χ1) is 31.7. The lowest BCUT2D eigenvalue weighted by molar-refractivity contribution is 0.443. The van der Waals surface area contributed by atoms with Crippen LogP contribution in [0.15, 0.2) is 180 Å². The lowest BCUT2D eigenvalue weighted by Gasteiger charge is -2.27. The molecule has 3 aromatic heterocycles. The Morgan fingerprint density at radius 2 is 0.906 bits per heavy atom. The van der Waals surface area contributed by atoms with E-state index in [4.69, 9.17) is 4.42 Å². The van der Waals surface area contributed by atoms with Crippen LogP contribution < -0.4 is 9.80 Å². The highest BCUT2D eigenvalue weighted by atomic mass is 16.3. The molecule has 11 aromatic rings. The Kier molecular flexibility index (Phi) is 8.99. The summed E-state index contributed by atoms with van der Waals surface area (Å²) >= 11 is 0. The largest absolute Gasteiger partial charge is 0.439 e. The molecule has 2 aliphatic rings. The molecule has 4 heteroatoms. The van der Waals surface area contributed by atoms with Crippen LogP contribution in [-0.2, 0) is 0 Å². The zero-order valence-corrected chi connectivity index (χ0v) is 36.2. The molecule has 0 bridgehead atoms. The minimum absolute atomic E-state index is 0.672. The van der Waals surface area contributed by atoms with Crippen molar-refractivity contribution in [3.05, 3.63) is 187 Å². The van der Waals surface area contributed by atoms with E-state index in [9.17, 15) is 0 Å². The van der Waals surface area contributed by atoms with Crippen molar-refractivity contribution in [2.45, 2.75) is 76.0 Å². The van der Waals surface area contributed by atoms with E-state index >= 15 is 0 Å². The number of hydrogen-bond donors (Lipinski definition) is 0. The van der Waals surface area contributed by atoms with Crippen LogP contribution in [0.3, 0.4) is 0 Å². The molecular weight excluding hydrogens is 779 g/mol. The fourth-order valence-electron chi connectivity index (χ4n) is 11.8. The summed E-state index contributed by atoms with van der Waals surface area (Å²) in [4.78, 5) is 4.78. The number of benzene rings is 8. The first kappa shape index (κ1) is 37.5. The Morgan fingerprint density at radius 3 is 1.52 bits per heavy atom. The van der Waals surface area contributed by atoms with Crippen LogP contribution in [0.5, 0.6) is 0 Å². The lowest BCUT2D eigenvalue weighted by atomic mass is 9.84. The van der Waals surface area contributed by atoms with Gasteiger partial charge in [-0.25, -0.2) is 0 Å². The predicted molar refractivity (Wildman–Crippen MR) is 269 cm³/mol. The number of para-hydroxylation sites is 3. The molecule has 2 aliphatic carbocycles. The van der Waals surface area contributed by atoms with E-state index < -0.39 is 0 Å². The molecule has 0 amide bonds. The molecule has 0 atom stereocenters. The summed E-state index contributed by atoms with van der Waals surface area (Å²) < 4.78 is 9.48. The highest BCUT2D eigenvalue weighted by Crippen LogP contribution is 2.49. The van der Waals surface area contributed by atoms with Gasteiger partial charge in [0.05, 0.1) is 16.4 Å². The van der Waals surface area contributed by atoms with E-state index in [1.54, 1.807) is 0 Å². The highest BCUT2D eigenvalue weighted by Gasteiger charge is 2.26. The van der Waals surface area contributed by atoms with Gasteiger partial charge >= 0.3 is 0 Å². The smallest absolute Gasteiger partial charge is 0.213 e. The number of fused-ring (bicyclic) bond motifs is 10. The third kappa shape index (κ3) is 6.10. The molecule has 0 aliphatic heterocycles. The number of hydrogen-bond acceptors (Lipinski definition) is 3. The van der Waals surface area contributed by atoms with Crippen LogP contribution in [0.1, 0.15) is 87.2 Å². The zero-order chi connectivity index (χ0) is 42.1. The van der Waals surface area contributed by atoms with Gasteiger partial charge in [-0.1, -0.05) is 123 Å². The van der Waals surface area contributed by atoms with E-state index in [1.807, 2.05) is 0 Å². The van der Waals surface area contributed by atoms with E-state index in [0.29, 0.717) is 11.8 Å². The summed E-state index contributed by atoms with van der Waals surface area (Å²) in [5.74, 6) is 1.35. The molecular formula is C60H51N3O. The van der Waals surface area contributed by atoms with Crippen LogP contribution in [0.4, 0.5) is 34.1 Å². The minimum atomic E-state index is 0.672. The van der Waals surface area contributed by atoms with Crippen LogP contribution in [0.2, 0.25) is 0 Å². The van der Waals surface area contributed by atoms with Crippen molar-refractivity contribution in [1.29, 1.82) is 0 Å². The Balaban J connectivity index is 0.955. The van der Waals surface area contributed by atoms with Gasteiger partial charge in [0, 0.05) is 61.7 Å². The van der Waals surface area contributed by atoms with Gasteiger partial charge in [-0.2, -0.15) is 0 Å². The molecule has 13 rings (SSSR count). The molecule has 0 N–H and O–H groups in total. The van der Waals surface area contributed by atoms with Crippen molar-refractivity contribution >= 4 is 94.2 Å². The van der Waals surface area contributed by atoms with Crippen molar-refractivity contribution in [1.82, 2.24) is 4.40 Å². The van der Waals surface area contributed by atoms with E-state index in [2.05, 4.69) is 190 Å². The summed E-state index contributed by atoms with van der Waals surface area (Å²) in [6.07, 6.45) is 13.3. The summed E-state index contributed by atoms with van der Waals surface area (Å²) in [6.45, 7) is 0. The Hall–Kier alpha value is -7.04. The quantitative estimate of drug-likeness (QED) is 0.152. The average molecular weight is 830 g/mol. The predicted octanol–water partition coefficient (Wildman–Crippen LogP) is 17.8. The molecule has 8 aromatic carbocycles. The molecule has 4 nitrogen and oxygen atoms in total. The van der Waals surface area contributed by atoms with Gasteiger partial charge in [0.25, 0.3) is 0 Å². The lowest BCUT2D eigenvalue weighted by Crippen LogP contribution is -2.10. The van der Waals surface area contributed by atoms with Crippen molar-refractivity contribution in [3.63, 3.8) is 0 Å². The average Bonchev–Trinajstić information content (AvgIpc) is 4.02. The van der Waals surface area contributed by atoms with Crippen molar-refractivity contribution in [2.75, 3.05) is 9.80 Å². The van der Waals surface area contributed by atoms with Crippen LogP contribution in [0, 0.1) is 0 Å². The Morgan fingerprint density at radius 1 is 0.391 bits per heavy atom. The maximum Gasteiger partial charge on any atom is 0.213 e. The Labute approximate surface area is 374 Å². The summed E-state index contributed by atoms with van der Waals surface area (Å²) in [5, 5.41) is 8.51. The van der Waals surface area contributed by atoms with E-state index in [-0.39, 0.29) is 0 Å². The molecule has 64 heavy (non-hydrogen) atoms. The van der Waals surface area contributed by atoms with Gasteiger partial charge in [0.2, 0.25) is 5.71 Å². The minimum Gasteiger partial charge on any atom is -0.439 e. The maximum absolute atomic E-state index is 7.10. The van der Waals surface area contributed by atoms with Gasteiger partial charge in [-0.05, 0) is 144 Å². The second-order valence-electron chi connectivity index (χ2n) is 18.6. The fraction of sp³-hybridized carbons (Fsp3) is 0.200. The van der Waals surface area contributed by atoms with Crippen LogP contribution >= 0.6 is 0 Å². The standard InChI is InChI=1S/C60H51N3O/c1-5-15-40(16-6-1)42-25-30-47(31-26-42)61(45-19-9-3-10-20-45)49-34-29-44-37-54-58-52-36-35-50(39-56(52)64-60(58)63-55-24-14-13-23-51(55)57(59(54)63)53(44)38-49)62(46-21-11-4-12-22-46)48-32-27-43(28-33-48)41-17-7-2-8-18-41/h3-4,9-14,19-41H,1-2,5-8,15-18H2. The number of aromatic nitrogens is 1. The molecule has 2 saturated carbocycles.